The molecule has 0 atom stereocenters. The number of likely N-dealkylation sites (tertiary alicyclic amines) is 1. The Kier molecular flexibility index (Phi) is 6.24. The molecule has 3 aromatic heterocycles. The molecule has 1 aliphatic heterocycles. The van der Waals surface area contributed by atoms with E-state index in [4.69, 9.17) is 0 Å². The summed E-state index contributed by atoms with van der Waals surface area (Å²) in [6.45, 7) is 9.55. The van der Waals surface area contributed by atoms with E-state index in [1.807, 2.05) is 34.7 Å². The first-order valence-electron chi connectivity index (χ1n) is 10.5. The van der Waals surface area contributed by atoms with Crippen LogP contribution in [-0.4, -0.2) is 67.2 Å². The van der Waals surface area contributed by atoms with Crippen molar-refractivity contribution in [2.75, 3.05) is 19.6 Å². The molecule has 0 aromatic carbocycles. The zero-order valence-electron chi connectivity index (χ0n) is 17.7. The molecule has 0 bridgehead atoms. The molecule has 1 saturated heterocycles. The molecule has 0 N–H and O–H groups in total. The van der Waals surface area contributed by atoms with Gasteiger partial charge in [-0.2, -0.15) is 5.10 Å². The van der Waals surface area contributed by atoms with Gasteiger partial charge in [0, 0.05) is 48.5 Å². The van der Waals surface area contributed by atoms with Crippen LogP contribution < -0.4 is 0 Å². The maximum atomic E-state index is 13.3. The van der Waals surface area contributed by atoms with Crippen LogP contribution in [0.2, 0.25) is 0 Å². The van der Waals surface area contributed by atoms with E-state index in [9.17, 15) is 4.79 Å². The van der Waals surface area contributed by atoms with E-state index in [0.717, 1.165) is 48.9 Å². The highest BCUT2D eigenvalue weighted by Crippen LogP contribution is 2.27. The molecule has 30 heavy (non-hydrogen) atoms. The van der Waals surface area contributed by atoms with Gasteiger partial charge in [-0.3, -0.25) is 4.79 Å². The van der Waals surface area contributed by atoms with Gasteiger partial charge in [0.15, 0.2) is 5.82 Å². The summed E-state index contributed by atoms with van der Waals surface area (Å²) in [5, 5.41) is 7.05. The van der Waals surface area contributed by atoms with Crippen molar-refractivity contribution >= 4 is 17.2 Å². The number of hydrogen-bond donors (Lipinski definition) is 0. The van der Waals surface area contributed by atoms with Crippen LogP contribution in [0, 0.1) is 0 Å². The number of thiazole rings is 1. The fraction of sp³-hybridized carbons (Fsp3) is 0.455. The molecule has 7 nitrogen and oxygen atoms in total. The van der Waals surface area contributed by atoms with Crippen LogP contribution in [0.4, 0.5) is 0 Å². The van der Waals surface area contributed by atoms with E-state index in [1.54, 1.807) is 17.1 Å². The van der Waals surface area contributed by atoms with Gasteiger partial charge < -0.3 is 9.80 Å². The number of pyridine rings is 1. The summed E-state index contributed by atoms with van der Waals surface area (Å²) in [5.74, 6) is 0.778. The first kappa shape index (κ1) is 20.7. The minimum absolute atomic E-state index is 0.0274. The number of rotatable bonds is 6. The second kappa shape index (κ2) is 9.06. The van der Waals surface area contributed by atoms with Crippen molar-refractivity contribution in [3.05, 3.63) is 47.9 Å². The van der Waals surface area contributed by atoms with Crippen molar-refractivity contribution in [1.82, 2.24) is 29.5 Å². The molecule has 0 aliphatic carbocycles. The van der Waals surface area contributed by atoms with Gasteiger partial charge in [0.2, 0.25) is 0 Å². The second-order valence-corrected chi connectivity index (χ2v) is 8.73. The summed E-state index contributed by atoms with van der Waals surface area (Å²) in [6.07, 6.45) is 7.44. The molecular weight excluding hydrogens is 396 g/mol. The van der Waals surface area contributed by atoms with Crippen LogP contribution in [0.1, 0.15) is 44.1 Å². The van der Waals surface area contributed by atoms with Gasteiger partial charge in [-0.15, -0.1) is 11.3 Å². The van der Waals surface area contributed by atoms with E-state index in [-0.39, 0.29) is 18.0 Å². The van der Waals surface area contributed by atoms with Gasteiger partial charge in [-0.25, -0.2) is 14.6 Å². The van der Waals surface area contributed by atoms with Crippen LogP contribution in [0.5, 0.6) is 0 Å². The van der Waals surface area contributed by atoms with E-state index in [1.165, 1.54) is 11.3 Å². The maximum absolute atomic E-state index is 13.3. The van der Waals surface area contributed by atoms with Crippen molar-refractivity contribution < 1.29 is 4.79 Å². The lowest BCUT2D eigenvalue weighted by Crippen LogP contribution is -2.50. The van der Waals surface area contributed by atoms with E-state index in [0.29, 0.717) is 5.69 Å². The Hall–Kier alpha value is -2.58. The summed E-state index contributed by atoms with van der Waals surface area (Å²) in [5.41, 5.74) is 1.41. The molecule has 158 valence electrons. The highest BCUT2D eigenvalue weighted by atomic mass is 32.1. The highest BCUT2D eigenvalue weighted by molar-refractivity contribution is 7.13. The summed E-state index contributed by atoms with van der Waals surface area (Å²) in [6, 6.07) is 6.12. The van der Waals surface area contributed by atoms with E-state index < -0.39 is 0 Å². The molecule has 4 rings (SSSR count). The van der Waals surface area contributed by atoms with Gasteiger partial charge in [-0.1, -0.05) is 13.0 Å². The summed E-state index contributed by atoms with van der Waals surface area (Å²) < 4.78 is 1.72. The molecular formula is C22H28N6OS. The van der Waals surface area contributed by atoms with E-state index >= 15 is 0 Å². The Morgan fingerprint density at radius 3 is 2.77 bits per heavy atom. The standard InChI is InChI=1S/C22H28N6OS/c1-4-26-11-8-18(9-12-26)28(16(2)3)22(29)19-15-30-21(25-19)17-13-24-27(14-17)20-7-5-6-10-23-20/h5-7,10,13-16,18H,4,8-9,11-12H2,1-3H3. The third-order valence-corrected chi connectivity index (χ3v) is 6.52. The Bertz CT molecular complexity index is 974. The van der Waals surface area contributed by atoms with Crippen molar-refractivity contribution in [3.63, 3.8) is 0 Å². The first-order valence-corrected chi connectivity index (χ1v) is 11.4. The minimum Gasteiger partial charge on any atom is -0.332 e. The quantitative estimate of drug-likeness (QED) is 0.603. The average Bonchev–Trinajstić information content (AvgIpc) is 3.44. The van der Waals surface area contributed by atoms with Crippen LogP contribution in [-0.2, 0) is 0 Å². The molecule has 4 heterocycles. The maximum Gasteiger partial charge on any atom is 0.273 e. The Labute approximate surface area is 181 Å². The Morgan fingerprint density at radius 2 is 2.10 bits per heavy atom. The van der Waals surface area contributed by atoms with Gasteiger partial charge in [0.25, 0.3) is 5.91 Å². The number of carbonyl (C=O) groups is 1. The SMILES string of the molecule is CCN1CCC(N(C(=O)c2csc(-c3cnn(-c4ccccn4)c3)n2)C(C)C)CC1. The molecule has 1 amide bonds. The van der Waals surface area contributed by atoms with Crippen LogP contribution in [0.25, 0.3) is 16.4 Å². The Morgan fingerprint density at radius 1 is 1.30 bits per heavy atom. The second-order valence-electron chi connectivity index (χ2n) is 7.87. The lowest BCUT2D eigenvalue weighted by Gasteiger charge is -2.40. The zero-order chi connectivity index (χ0) is 21.1. The summed E-state index contributed by atoms with van der Waals surface area (Å²) in [7, 11) is 0. The normalized spacial score (nSPS) is 15.6. The van der Waals surface area contributed by atoms with Gasteiger partial charge in [0.05, 0.1) is 6.20 Å². The molecule has 3 aromatic rings. The third kappa shape index (κ3) is 4.29. The smallest absolute Gasteiger partial charge is 0.273 e. The lowest BCUT2D eigenvalue weighted by molar-refractivity contribution is 0.0485. The predicted molar refractivity (Wildman–Crippen MR) is 119 cm³/mol. The summed E-state index contributed by atoms with van der Waals surface area (Å²) >= 11 is 1.48. The van der Waals surface area contributed by atoms with Crippen LogP contribution >= 0.6 is 11.3 Å². The number of nitrogens with zero attached hydrogens (tertiary/aromatic N) is 6. The highest BCUT2D eigenvalue weighted by Gasteiger charge is 2.31. The van der Waals surface area contributed by atoms with Crippen molar-refractivity contribution in [2.24, 2.45) is 0 Å². The predicted octanol–water partition coefficient (Wildman–Crippen LogP) is 3.73. The fourth-order valence-electron chi connectivity index (χ4n) is 4.02. The largest absolute Gasteiger partial charge is 0.332 e. The average molecular weight is 425 g/mol. The molecule has 0 radical (unpaired) electrons. The van der Waals surface area contributed by atoms with E-state index in [2.05, 4.69) is 40.7 Å². The molecule has 0 spiro atoms. The minimum atomic E-state index is 0.0274. The van der Waals surface area contributed by atoms with Gasteiger partial charge in [-0.05, 0) is 45.4 Å². The number of carbonyl (C=O) groups excluding carboxylic acids is 1. The van der Waals surface area contributed by atoms with Crippen molar-refractivity contribution in [2.45, 2.75) is 45.7 Å². The van der Waals surface area contributed by atoms with Gasteiger partial charge in [0.1, 0.15) is 10.7 Å². The molecule has 1 fully saturated rings. The molecule has 0 unspecified atom stereocenters. The fourth-order valence-corrected chi connectivity index (χ4v) is 4.79. The first-order chi connectivity index (χ1) is 14.6. The Balaban J connectivity index is 1.51. The summed E-state index contributed by atoms with van der Waals surface area (Å²) in [4.78, 5) is 26.8. The topological polar surface area (TPSA) is 67.2 Å². The molecule has 1 aliphatic rings. The lowest BCUT2D eigenvalue weighted by atomic mass is 10.0. The molecule has 0 saturated carbocycles. The number of aromatic nitrogens is 4. The molecule has 8 heteroatoms. The van der Waals surface area contributed by atoms with Crippen molar-refractivity contribution in [1.29, 1.82) is 0 Å². The number of piperidine rings is 1. The van der Waals surface area contributed by atoms with Gasteiger partial charge >= 0.3 is 0 Å². The zero-order valence-corrected chi connectivity index (χ0v) is 18.5. The number of amides is 1. The third-order valence-electron chi connectivity index (χ3n) is 5.63. The van der Waals surface area contributed by atoms with Crippen LogP contribution in [0.3, 0.4) is 0 Å². The van der Waals surface area contributed by atoms with Crippen LogP contribution in [0.15, 0.2) is 42.2 Å². The van der Waals surface area contributed by atoms with Crippen molar-refractivity contribution in [3.8, 4) is 16.4 Å². The monoisotopic (exact) mass is 424 g/mol. The number of hydrogen-bond acceptors (Lipinski definition) is 6.